The molecular formula is C11H16N4. The summed E-state index contributed by atoms with van der Waals surface area (Å²) in [6.45, 7) is 8.37. The molecule has 0 aliphatic rings. The third-order valence-corrected chi connectivity index (χ3v) is 2.47. The van der Waals surface area contributed by atoms with Gasteiger partial charge in [0.1, 0.15) is 5.65 Å². The first-order valence-electron chi connectivity index (χ1n) is 5.01. The summed E-state index contributed by atoms with van der Waals surface area (Å²) < 4.78 is 2.12. The van der Waals surface area contributed by atoms with E-state index in [1.165, 1.54) is 0 Å². The standard InChI is InChI=1S/C11H16N4/c1-7-8-5-6-15(11(2,3)4)9(8)14-10(12)13-7/h5-6H,1-4H3,(H2,12,13,14). The summed E-state index contributed by atoms with van der Waals surface area (Å²) in [5.74, 6) is 0.337. The van der Waals surface area contributed by atoms with E-state index in [1.54, 1.807) is 0 Å². The fraction of sp³-hybridized carbons (Fsp3) is 0.455. The summed E-state index contributed by atoms with van der Waals surface area (Å²) in [5.41, 5.74) is 7.51. The molecule has 2 rings (SSSR count). The van der Waals surface area contributed by atoms with Gasteiger partial charge in [0, 0.05) is 17.1 Å². The minimum absolute atomic E-state index is 0.00891. The first-order chi connectivity index (χ1) is 6.89. The number of hydrogen-bond acceptors (Lipinski definition) is 3. The van der Waals surface area contributed by atoms with Crippen LogP contribution in [-0.4, -0.2) is 14.5 Å². The molecule has 0 aliphatic carbocycles. The molecule has 0 aromatic carbocycles. The molecule has 0 amide bonds. The van der Waals surface area contributed by atoms with Gasteiger partial charge in [0.25, 0.3) is 0 Å². The SMILES string of the molecule is Cc1nc(N)nc2c1ccn2C(C)(C)C. The van der Waals surface area contributed by atoms with Crippen LogP contribution >= 0.6 is 0 Å². The van der Waals surface area contributed by atoms with E-state index in [0.29, 0.717) is 5.95 Å². The molecule has 0 atom stereocenters. The van der Waals surface area contributed by atoms with Gasteiger partial charge in [-0.2, -0.15) is 4.98 Å². The second-order valence-corrected chi connectivity index (χ2v) is 4.76. The Labute approximate surface area is 89.1 Å². The van der Waals surface area contributed by atoms with Gasteiger partial charge in [-0.1, -0.05) is 0 Å². The molecule has 0 saturated heterocycles. The average molecular weight is 204 g/mol. The van der Waals surface area contributed by atoms with E-state index < -0.39 is 0 Å². The maximum absolute atomic E-state index is 5.66. The number of nitrogens with zero attached hydrogens (tertiary/aromatic N) is 3. The second-order valence-electron chi connectivity index (χ2n) is 4.76. The third-order valence-electron chi connectivity index (χ3n) is 2.47. The lowest BCUT2D eigenvalue weighted by molar-refractivity contribution is 0.408. The number of nitrogen functional groups attached to an aromatic ring is 1. The molecule has 0 unspecified atom stereocenters. The Bertz CT molecular complexity index is 505. The summed E-state index contributed by atoms with van der Waals surface area (Å²) in [6, 6.07) is 2.04. The van der Waals surface area contributed by atoms with Gasteiger partial charge in [-0.25, -0.2) is 4.98 Å². The van der Waals surface area contributed by atoms with E-state index >= 15 is 0 Å². The molecule has 0 fully saturated rings. The van der Waals surface area contributed by atoms with Crippen molar-refractivity contribution < 1.29 is 0 Å². The van der Waals surface area contributed by atoms with E-state index in [9.17, 15) is 0 Å². The molecular weight excluding hydrogens is 188 g/mol. The highest BCUT2D eigenvalue weighted by Gasteiger charge is 2.17. The van der Waals surface area contributed by atoms with Crippen LogP contribution in [0, 0.1) is 6.92 Å². The Morgan fingerprint density at radius 3 is 2.53 bits per heavy atom. The normalized spacial score (nSPS) is 12.3. The zero-order chi connectivity index (χ0) is 11.2. The predicted molar refractivity (Wildman–Crippen MR) is 61.7 cm³/mol. The van der Waals surface area contributed by atoms with Crippen molar-refractivity contribution in [3.05, 3.63) is 18.0 Å². The van der Waals surface area contributed by atoms with Crippen LogP contribution in [0.1, 0.15) is 26.5 Å². The van der Waals surface area contributed by atoms with Crippen molar-refractivity contribution in [2.45, 2.75) is 33.2 Å². The highest BCUT2D eigenvalue weighted by atomic mass is 15.1. The summed E-state index contributed by atoms with van der Waals surface area (Å²) in [4.78, 5) is 8.44. The van der Waals surface area contributed by atoms with Crippen LogP contribution in [-0.2, 0) is 5.54 Å². The van der Waals surface area contributed by atoms with Gasteiger partial charge in [-0.05, 0) is 33.8 Å². The van der Waals surface area contributed by atoms with Crippen molar-refractivity contribution in [3.63, 3.8) is 0 Å². The van der Waals surface area contributed by atoms with Gasteiger partial charge in [0.2, 0.25) is 5.95 Å². The van der Waals surface area contributed by atoms with Crippen LogP contribution < -0.4 is 5.73 Å². The first kappa shape index (κ1) is 9.96. The van der Waals surface area contributed by atoms with Gasteiger partial charge in [0.15, 0.2) is 0 Å². The number of nitrogens with two attached hydrogens (primary N) is 1. The van der Waals surface area contributed by atoms with Crippen molar-refractivity contribution in [2.24, 2.45) is 0 Å². The third kappa shape index (κ3) is 1.56. The van der Waals surface area contributed by atoms with E-state index in [-0.39, 0.29) is 5.54 Å². The lowest BCUT2D eigenvalue weighted by Gasteiger charge is -2.21. The van der Waals surface area contributed by atoms with E-state index in [2.05, 4.69) is 35.3 Å². The number of aryl methyl sites for hydroxylation is 1. The topological polar surface area (TPSA) is 56.7 Å². The first-order valence-corrected chi connectivity index (χ1v) is 5.01. The van der Waals surface area contributed by atoms with Crippen molar-refractivity contribution in [2.75, 3.05) is 5.73 Å². The minimum atomic E-state index is 0.00891. The maximum atomic E-state index is 5.66. The maximum Gasteiger partial charge on any atom is 0.222 e. The number of aromatic nitrogens is 3. The van der Waals surface area contributed by atoms with Crippen LogP contribution in [0.15, 0.2) is 12.3 Å². The largest absolute Gasteiger partial charge is 0.368 e. The molecule has 0 spiro atoms. The van der Waals surface area contributed by atoms with Crippen LogP contribution in [0.3, 0.4) is 0 Å². The Kier molecular flexibility index (Phi) is 1.96. The minimum Gasteiger partial charge on any atom is -0.368 e. The average Bonchev–Trinajstić information content (AvgIpc) is 2.45. The summed E-state index contributed by atoms with van der Waals surface area (Å²) >= 11 is 0. The lowest BCUT2D eigenvalue weighted by Crippen LogP contribution is -2.21. The van der Waals surface area contributed by atoms with Gasteiger partial charge in [-0.3, -0.25) is 0 Å². The number of anilines is 1. The highest BCUT2D eigenvalue weighted by Crippen LogP contribution is 2.24. The highest BCUT2D eigenvalue weighted by molar-refractivity contribution is 5.79. The molecule has 2 aromatic rings. The molecule has 0 radical (unpaired) electrons. The Morgan fingerprint density at radius 1 is 1.27 bits per heavy atom. The Balaban J connectivity index is 2.80. The van der Waals surface area contributed by atoms with Crippen LogP contribution in [0.4, 0.5) is 5.95 Å². The molecule has 15 heavy (non-hydrogen) atoms. The molecule has 0 saturated carbocycles. The molecule has 2 N–H and O–H groups in total. The quantitative estimate of drug-likeness (QED) is 0.714. The smallest absolute Gasteiger partial charge is 0.222 e. The van der Waals surface area contributed by atoms with Gasteiger partial charge >= 0.3 is 0 Å². The Hall–Kier alpha value is -1.58. The van der Waals surface area contributed by atoms with E-state index in [4.69, 9.17) is 5.73 Å². The molecule has 4 heteroatoms. The Morgan fingerprint density at radius 2 is 1.93 bits per heavy atom. The molecule has 0 aliphatic heterocycles. The van der Waals surface area contributed by atoms with Gasteiger partial charge in [-0.15, -0.1) is 0 Å². The fourth-order valence-corrected chi connectivity index (χ4v) is 1.73. The molecule has 4 nitrogen and oxygen atoms in total. The van der Waals surface area contributed by atoms with Crippen LogP contribution in [0.25, 0.3) is 11.0 Å². The molecule has 0 bridgehead atoms. The van der Waals surface area contributed by atoms with Crippen molar-refractivity contribution in [1.29, 1.82) is 0 Å². The lowest BCUT2D eigenvalue weighted by atomic mass is 10.1. The predicted octanol–water partition coefficient (Wildman–Crippen LogP) is 2.08. The van der Waals surface area contributed by atoms with Crippen molar-refractivity contribution in [3.8, 4) is 0 Å². The van der Waals surface area contributed by atoms with E-state index in [0.717, 1.165) is 16.7 Å². The van der Waals surface area contributed by atoms with Crippen LogP contribution in [0.2, 0.25) is 0 Å². The number of rotatable bonds is 0. The van der Waals surface area contributed by atoms with Crippen LogP contribution in [0.5, 0.6) is 0 Å². The molecule has 2 heterocycles. The summed E-state index contributed by atoms with van der Waals surface area (Å²) in [6.07, 6.45) is 2.03. The van der Waals surface area contributed by atoms with Crippen molar-refractivity contribution in [1.82, 2.24) is 14.5 Å². The number of fused-ring (bicyclic) bond motifs is 1. The molecule has 2 aromatic heterocycles. The zero-order valence-corrected chi connectivity index (χ0v) is 9.57. The summed E-state index contributed by atoms with van der Waals surface area (Å²) in [7, 11) is 0. The fourth-order valence-electron chi connectivity index (χ4n) is 1.73. The van der Waals surface area contributed by atoms with E-state index in [1.807, 2.05) is 19.2 Å². The summed E-state index contributed by atoms with van der Waals surface area (Å²) in [5, 5.41) is 1.07. The monoisotopic (exact) mass is 204 g/mol. The van der Waals surface area contributed by atoms with Gasteiger partial charge in [0.05, 0.1) is 5.69 Å². The van der Waals surface area contributed by atoms with Crippen molar-refractivity contribution >= 4 is 17.0 Å². The van der Waals surface area contributed by atoms with Gasteiger partial charge < -0.3 is 10.3 Å². The zero-order valence-electron chi connectivity index (χ0n) is 9.57. The number of hydrogen-bond donors (Lipinski definition) is 1. The molecule has 80 valence electrons. The second kappa shape index (κ2) is 2.95.